The first-order valence-corrected chi connectivity index (χ1v) is 8.01. The molecule has 1 fully saturated rings. The summed E-state index contributed by atoms with van der Waals surface area (Å²) < 4.78 is 39.0. The number of aliphatic carboxylic acids is 1. The standard InChI is InChI=1S/C17H16F3N3O3/c18-17(19,20)14-6-7-23(22-14)13-3-1-2-10(9-13)15(24)21-12-5-4-11(8-12)16(25)26/h1-3,6-7,9,11-12H,4-5,8H2,(H,21,24)(H,25,26)/t11-,12+/m1/s1. The number of carbonyl (C=O) groups excluding carboxylic acids is 1. The summed E-state index contributed by atoms with van der Waals surface area (Å²) in [5.74, 6) is -1.73. The minimum Gasteiger partial charge on any atom is -0.481 e. The van der Waals surface area contributed by atoms with Gasteiger partial charge in [-0.2, -0.15) is 18.3 Å². The van der Waals surface area contributed by atoms with Crippen LogP contribution in [0, 0.1) is 5.92 Å². The summed E-state index contributed by atoms with van der Waals surface area (Å²) in [5, 5.41) is 15.3. The number of carbonyl (C=O) groups is 2. The van der Waals surface area contributed by atoms with Gasteiger partial charge in [-0.15, -0.1) is 0 Å². The zero-order chi connectivity index (χ0) is 18.9. The van der Waals surface area contributed by atoms with Gasteiger partial charge in [0, 0.05) is 17.8 Å². The predicted molar refractivity (Wildman–Crippen MR) is 84.8 cm³/mol. The molecular weight excluding hydrogens is 351 g/mol. The molecule has 1 saturated carbocycles. The molecule has 1 heterocycles. The molecule has 0 spiro atoms. The lowest BCUT2D eigenvalue weighted by molar-refractivity contribution is -0.142. The van der Waals surface area contributed by atoms with Gasteiger partial charge in [0.25, 0.3) is 5.91 Å². The summed E-state index contributed by atoms with van der Waals surface area (Å²) in [6, 6.07) is 6.70. The van der Waals surface area contributed by atoms with Crippen LogP contribution in [-0.2, 0) is 11.0 Å². The van der Waals surface area contributed by atoms with Gasteiger partial charge in [-0.25, -0.2) is 4.68 Å². The third-order valence-corrected chi connectivity index (χ3v) is 4.37. The van der Waals surface area contributed by atoms with Crippen molar-refractivity contribution in [2.75, 3.05) is 0 Å². The lowest BCUT2D eigenvalue weighted by atomic mass is 10.1. The number of nitrogens with zero attached hydrogens (tertiary/aromatic N) is 2. The van der Waals surface area contributed by atoms with Crippen LogP contribution in [0.2, 0.25) is 0 Å². The van der Waals surface area contributed by atoms with Crippen molar-refractivity contribution in [2.24, 2.45) is 5.92 Å². The topological polar surface area (TPSA) is 84.2 Å². The molecule has 2 N–H and O–H groups in total. The van der Waals surface area contributed by atoms with E-state index in [1.54, 1.807) is 12.1 Å². The van der Waals surface area contributed by atoms with E-state index in [0.29, 0.717) is 24.9 Å². The van der Waals surface area contributed by atoms with Gasteiger partial charge in [0.1, 0.15) is 0 Å². The Kier molecular flexibility index (Phi) is 4.71. The average molecular weight is 367 g/mol. The van der Waals surface area contributed by atoms with Crippen molar-refractivity contribution in [3.05, 3.63) is 47.8 Å². The average Bonchev–Trinajstić information content (AvgIpc) is 3.24. The highest BCUT2D eigenvalue weighted by molar-refractivity contribution is 5.95. The van der Waals surface area contributed by atoms with E-state index in [1.807, 2.05) is 0 Å². The van der Waals surface area contributed by atoms with E-state index >= 15 is 0 Å². The van der Waals surface area contributed by atoms with Gasteiger partial charge in [-0.05, 0) is 43.5 Å². The molecule has 1 aliphatic rings. The Labute approximate surface area is 146 Å². The van der Waals surface area contributed by atoms with Crippen molar-refractivity contribution in [3.63, 3.8) is 0 Å². The van der Waals surface area contributed by atoms with Gasteiger partial charge in [0.2, 0.25) is 0 Å². The Bertz CT molecular complexity index is 832. The van der Waals surface area contributed by atoms with Crippen LogP contribution < -0.4 is 5.32 Å². The lowest BCUT2D eigenvalue weighted by Gasteiger charge is -2.13. The molecule has 6 nitrogen and oxygen atoms in total. The van der Waals surface area contributed by atoms with Crippen LogP contribution in [0.3, 0.4) is 0 Å². The quantitative estimate of drug-likeness (QED) is 0.870. The van der Waals surface area contributed by atoms with E-state index in [-0.39, 0.29) is 11.6 Å². The number of rotatable bonds is 4. The molecule has 138 valence electrons. The van der Waals surface area contributed by atoms with Crippen molar-refractivity contribution in [1.82, 2.24) is 15.1 Å². The Balaban J connectivity index is 1.72. The largest absolute Gasteiger partial charge is 0.481 e. The first-order chi connectivity index (χ1) is 12.2. The van der Waals surface area contributed by atoms with Gasteiger partial charge < -0.3 is 10.4 Å². The summed E-state index contributed by atoms with van der Waals surface area (Å²) in [7, 11) is 0. The van der Waals surface area contributed by atoms with E-state index in [1.165, 1.54) is 18.3 Å². The van der Waals surface area contributed by atoms with E-state index < -0.39 is 29.7 Å². The van der Waals surface area contributed by atoms with E-state index in [4.69, 9.17) is 5.11 Å². The van der Waals surface area contributed by atoms with Crippen molar-refractivity contribution < 1.29 is 27.9 Å². The molecule has 1 amide bonds. The number of carboxylic acids is 1. The van der Waals surface area contributed by atoms with Crippen LogP contribution in [-0.4, -0.2) is 32.8 Å². The molecule has 2 aromatic rings. The predicted octanol–water partition coefficient (Wildman–Crippen LogP) is 2.87. The highest BCUT2D eigenvalue weighted by Crippen LogP contribution is 2.28. The highest BCUT2D eigenvalue weighted by Gasteiger charge is 2.34. The molecule has 0 saturated heterocycles. The molecule has 0 radical (unpaired) electrons. The van der Waals surface area contributed by atoms with Crippen LogP contribution in [0.1, 0.15) is 35.3 Å². The monoisotopic (exact) mass is 367 g/mol. The molecule has 0 bridgehead atoms. The molecule has 0 unspecified atom stereocenters. The molecule has 9 heteroatoms. The third-order valence-electron chi connectivity index (χ3n) is 4.37. The fourth-order valence-electron chi connectivity index (χ4n) is 3.01. The number of alkyl halides is 3. The number of hydrogen-bond donors (Lipinski definition) is 2. The molecule has 1 aromatic heterocycles. The Morgan fingerprint density at radius 3 is 2.62 bits per heavy atom. The Morgan fingerprint density at radius 2 is 2.00 bits per heavy atom. The van der Waals surface area contributed by atoms with Crippen LogP contribution in [0.15, 0.2) is 36.5 Å². The second-order valence-electron chi connectivity index (χ2n) is 6.21. The van der Waals surface area contributed by atoms with Gasteiger partial charge in [-0.3, -0.25) is 9.59 Å². The first-order valence-electron chi connectivity index (χ1n) is 8.01. The van der Waals surface area contributed by atoms with Crippen LogP contribution in [0.4, 0.5) is 13.2 Å². The zero-order valence-corrected chi connectivity index (χ0v) is 13.5. The second kappa shape index (κ2) is 6.81. The van der Waals surface area contributed by atoms with Gasteiger partial charge in [0.05, 0.1) is 11.6 Å². The van der Waals surface area contributed by atoms with Crippen molar-refractivity contribution in [1.29, 1.82) is 0 Å². The molecule has 2 atom stereocenters. The van der Waals surface area contributed by atoms with Crippen LogP contribution in [0.25, 0.3) is 5.69 Å². The summed E-state index contributed by atoms with van der Waals surface area (Å²) >= 11 is 0. The minimum atomic E-state index is -4.54. The Morgan fingerprint density at radius 1 is 1.23 bits per heavy atom. The van der Waals surface area contributed by atoms with E-state index in [0.717, 1.165) is 10.7 Å². The van der Waals surface area contributed by atoms with Crippen LogP contribution >= 0.6 is 0 Å². The second-order valence-corrected chi connectivity index (χ2v) is 6.21. The minimum absolute atomic E-state index is 0.228. The number of carboxylic acid groups (broad SMARTS) is 1. The summed E-state index contributed by atoms with van der Waals surface area (Å²) in [5.41, 5.74) is -0.425. The van der Waals surface area contributed by atoms with Gasteiger partial charge >= 0.3 is 12.1 Å². The fraction of sp³-hybridized carbons (Fsp3) is 0.353. The maximum Gasteiger partial charge on any atom is 0.435 e. The highest BCUT2D eigenvalue weighted by atomic mass is 19.4. The number of amides is 1. The maximum atomic E-state index is 12.7. The van der Waals surface area contributed by atoms with Gasteiger partial charge in [0.15, 0.2) is 5.69 Å². The zero-order valence-electron chi connectivity index (χ0n) is 13.5. The summed E-state index contributed by atoms with van der Waals surface area (Å²) in [6.45, 7) is 0. The maximum absolute atomic E-state index is 12.7. The fourth-order valence-corrected chi connectivity index (χ4v) is 3.01. The molecule has 1 aliphatic carbocycles. The molecule has 26 heavy (non-hydrogen) atoms. The van der Waals surface area contributed by atoms with E-state index in [2.05, 4.69) is 10.4 Å². The Hall–Kier alpha value is -2.84. The molecule has 1 aromatic carbocycles. The summed E-state index contributed by atoms with van der Waals surface area (Å²) in [4.78, 5) is 23.3. The third kappa shape index (κ3) is 3.87. The number of aromatic nitrogens is 2. The van der Waals surface area contributed by atoms with Crippen molar-refractivity contribution in [2.45, 2.75) is 31.5 Å². The number of benzene rings is 1. The number of hydrogen-bond acceptors (Lipinski definition) is 3. The molecular formula is C17H16F3N3O3. The lowest BCUT2D eigenvalue weighted by Crippen LogP contribution is -2.33. The number of halogens is 3. The SMILES string of the molecule is O=C(N[C@H]1CC[C@@H](C(=O)O)C1)c1cccc(-n2ccc(C(F)(F)F)n2)c1. The number of nitrogens with one attached hydrogen (secondary N) is 1. The van der Waals surface area contributed by atoms with Gasteiger partial charge in [-0.1, -0.05) is 6.07 Å². The van der Waals surface area contributed by atoms with E-state index in [9.17, 15) is 22.8 Å². The first kappa shape index (κ1) is 18.0. The van der Waals surface area contributed by atoms with Crippen molar-refractivity contribution in [3.8, 4) is 5.69 Å². The molecule has 0 aliphatic heterocycles. The summed E-state index contributed by atoms with van der Waals surface area (Å²) in [6.07, 6.45) is -1.91. The normalized spacial score (nSPS) is 20.1. The van der Waals surface area contributed by atoms with Crippen molar-refractivity contribution >= 4 is 11.9 Å². The van der Waals surface area contributed by atoms with Crippen LogP contribution in [0.5, 0.6) is 0 Å². The molecule has 3 rings (SSSR count). The smallest absolute Gasteiger partial charge is 0.435 e.